The van der Waals surface area contributed by atoms with Crippen molar-refractivity contribution in [1.29, 1.82) is 0 Å². The Labute approximate surface area is 173 Å². The Morgan fingerprint density at radius 1 is 1.19 bits per heavy atom. The lowest BCUT2D eigenvalue weighted by atomic mass is 9.99. The highest BCUT2D eigenvalue weighted by Gasteiger charge is 2.22. The highest BCUT2D eigenvalue weighted by atomic mass is 127. The molecule has 0 atom stereocenters. The number of hydrogen-bond acceptors (Lipinski definition) is 4. The maximum absolute atomic E-state index is 5.69. The molecule has 7 heteroatoms. The number of methoxy groups -OCH3 is 2. The summed E-state index contributed by atoms with van der Waals surface area (Å²) in [7, 11) is 5.18. The maximum Gasteiger partial charge on any atom is 0.194 e. The first-order valence-corrected chi connectivity index (χ1v) is 9.02. The first-order valence-electron chi connectivity index (χ1n) is 9.02. The maximum atomic E-state index is 5.69. The predicted molar refractivity (Wildman–Crippen MR) is 114 cm³/mol. The van der Waals surface area contributed by atoms with Crippen molar-refractivity contribution >= 4 is 29.9 Å². The van der Waals surface area contributed by atoms with Crippen LogP contribution in [0.25, 0.3) is 0 Å². The van der Waals surface area contributed by atoms with E-state index in [1.165, 1.54) is 24.0 Å². The molecule has 1 N–H and O–H groups in total. The third-order valence-electron chi connectivity index (χ3n) is 4.81. The van der Waals surface area contributed by atoms with Crippen molar-refractivity contribution in [3.05, 3.63) is 23.3 Å². The second kappa shape index (κ2) is 10.2. The normalized spacial score (nSPS) is 16.6. The van der Waals surface area contributed by atoms with Crippen LogP contribution in [0.3, 0.4) is 0 Å². The second-order valence-corrected chi connectivity index (χ2v) is 6.64. The fraction of sp³-hybridized carbons (Fsp3) is 0.632. The molecule has 2 aliphatic rings. The lowest BCUT2D eigenvalue weighted by Crippen LogP contribution is -2.45. The molecule has 0 unspecified atom stereocenters. The Morgan fingerprint density at radius 3 is 2.50 bits per heavy atom. The Morgan fingerprint density at radius 2 is 1.88 bits per heavy atom. The van der Waals surface area contributed by atoms with E-state index in [4.69, 9.17) is 14.2 Å². The van der Waals surface area contributed by atoms with Crippen molar-refractivity contribution in [2.24, 2.45) is 10.9 Å². The van der Waals surface area contributed by atoms with Crippen LogP contribution in [0.15, 0.2) is 17.1 Å². The molecule has 0 aromatic heterocycles. The summed E-state index contributed by atoms with van der Waals surface area (Å²) in [6.07, 6.45) is 3.63. The smallest absolute Gasteiger partial charge is 0.194 e. The lowest BCUT2D eigenvalue weighted by Gasteiger charge is -2.32. The number of nitrogens with zero attached hydrogens (tertiary/aromatic N) is 2. The molecule has 0 saturated heterocycles. The molecule has 0 radical (unpaired) electrons. The van der Waals surface area contributed by atoms with Crippen LogP contribution in [0.2, 0.25) is 0 Å². The minimum atomic E-state index is 0. The van der Waals surface area contributed by atoms with Crippen molar-refractivity contribution < 1.29 is 14.2 Å². The van der Waals surface area contributed by atoms with E-state index in [1.54, 1.807) is 14.2 Å². The highest BCUT2D eigenvalue weighted by Crippen LogP contribution is 2.33. The second-order valence-electron chi connectivity index (χ2n) is 6.64. The van der Waals surface area contributed by atoms with Crippen LogP contribution in [0, 0.1) is 5.92 Å². The molecule has 1 aromatic rings. The Hall–Kier alpha value is -1.22. The van der Waals surface area contributed by atoms with Gasteiger partial charge in [0.2, 0.25) is 0 Å². The zero-order valence-electron chi connectivity index (χ0n) is 15.9. The van der Waals surface area contributed by atoms with E-state index in [0.29, 0.717) is 0 Å². The lowest BCUT2D eigenvalue weighted by molar-refractivity contribution is 0.128. The summed E-state index contributed by atoms with van der Waals surface area (Å²) in [5, 5.41) is 3.41. The summed E-state index contributed by atoms with van der Waals surface area (Å²) in [6, 6.07) is 4.17. The molecule has 146 valence electrons. The van der Waals surface area contributed by atoms with Crippen LogP contribution < -0.4 is 14.8 Å². The molecule has 6 nitrogen and oxygen atoms in total. The number of benzene rings is 1. The van der Waals surface area contributed by atoms with Crippen LogP contribution in [-0.2, 0) is 17.7 Å². The number of aliphatic imine (C=N–C) groups is 1. The quantitative estimate of drug-likeness (QED) is 0.285. The van der Waals surface area contributed by atoms with Crippen molar-refractivity contribution in [1.82, 2.24) is 10.2 Å². The molecule has 1 aromatic carbocycles. The monoisotopic (exact) mass is 475 g/mol. The third kappa shape index (κ3) is 5.39. The average Bonchev–Trinajstić information content (AvgIpc) is 3.47. The standard InChI is InChI=1S/C19H29N3O3.HI/c1-20-19(21-7-9-25-13-14-4-5-14)22-8-6-15-10-17(23-2)18(24-3)11-16(15)12-22;/h10-11,14H,4-9,12-13H2,1-3H3,(H,20,21);1H. The Balaban J connectivity index is 0.00000243. The van der Waals surface area contributed by atoms with Gasteiger partial charge in [-0.1, -0.05) is 0 Å². The van der Waals surface area contributed by atoms with E-state index in [-0.39, 0.29) is 24.0 Å². The summed E-state index contributed by atoms with van der Waals surface area (Å²) in [6.45, 7) is 4.17. The first kappa shape index (κ1) is 21.1. The van der Waals surface area contributed by atoms with Crippen molar-refractivity contribution in [3.63, 3.8) is 0 Å². The van der Waals surface area contributed by atoms with Crippen LogP contribution in [0.1, 0.15) is 24.0 Å². The summed E-state index contributed by atoms with van der Waals surface area (Å²) in [5.41, 5.74) is 2.58. The van der Waals surface area contributed by atoms with Crippen LogP contribution in [0.4, 0.5) is 0 Å². The zero-order chi connectivity index (χ0) is 17.6. The molecular weight excluding hydrogens is 445 g/mol. The van der Waals surface area contributed by atoms with Gasteiger partial charge in [0.1, 0.15) is 0 Å². The van der Waals surface area contributed by atoms with Gasteiger partial charge in [-0.05, 0) is 48.4 Å². The number of rotatable bonds is 7. The molecule has 26 heavy (non-hydrogen) atoms. The van der Waals surface area contributed by atoms with Crippen LogP contribution in [0.5, 0.6) is 11.5 Å². The summed E-state index contributed by atoms with van der Waals surface area (Å²) in [4.78, 5) is 6.70. The molecule has 1 heterocycles. The average molecular weight is 475 g/mol. The Bertz CT molecular complexity index is 620. The summed E-state index contributed by atoms with van der Waals surface area (Å²) < 4.78 is 16.5. The SMILES string of the molecule is CN=C(NCCOCC1CC1)N1CCc2cc(OC)c(OC)cc2C1.I. The van der Waals surface area contributed by atoms with Gasteiger partial charge in [0.05, 0.1) is 20.8 Å². The van der Waals surface area contributed by atoms with Crippen molar-refractivity contribution in [3.8, 4) is 11.5 Å². The van der Waals surface area contributed by atoms with Gasteiger partial charge in [-0.25, -0.2) is 0 Å². The topological polar surface area (TPSA) is 55.3 Å². The number of fused-ring (bicyclic) bond motifs is 1. The van der Waals surface area contributed by atoms with E-state index in [1.807, 2.05) is 7.05 Å². The molecule has 0 amide bonds. The zero-order valence-corrected chi connectivity index (χ0v) is 18.2. The van der Waals surface area contributed by atoms with Gasteiger partial charge in [0.15, 0.2) is 17.5 Å². The number of halogens is 1. The number of ether oxygens (including phenoxy) is 3. The van der Waals surface area contributed by atoms with Crippen molar-refractivity contribution in [2.45, 2.75) is 25.8 Å². The molecule has 1 aliphatic heterocycles. The number of guanidine groups is 1. The molecule has 1 aliphatic carbocycles. The van der Waals surface area contributed by atoms with E-state index in [0.717, 1.165) is 62.6 Å². The largest absolute Gasteiger partial charge is 0.493 e. The molecule has 3 rings (SSSR count). The van der Waals surface area contributed by atoms with Gasteiger partial charge in [-0.3, -0.25) is 4.99 Å². The summed E-state index contributed by atoms with van der Waals surface area (Å²) >= 11 is 0. The molecule has 1 saturated carbocycles. The van der Waals surface area contributed by atoms with E-state index in [9.17, 15) is 0 Å². The van der Waals surface area contributed by atoms with Gasteiger partial charge in [0, 0.05) is 33.3 Å². The highest BCUT2D eigenvalue weighted by molar-refractivity contribution is 14.0. The minimum Gasteiger partial charge on any atom is -0.493 e. The van der Waals surface area contributed by atoms with Gasteiger partial charge in [0.25, 0.3) is 0 Å². The third-order valence-corrected chi connectivity index (χ3v) is 4.81. The van der Waals surface area contributed by atoms with E-state index < -0.39 is 0 Å². The molecule has 0 bridgehead atoms. The van der Waals surface area contributed by atoms with Gasteiger partial charge >= 0.3 is 0 Å². The van der Waals surface area contributed by atoms with Crippen LogP contribution >= 0.6 is 24.0 Å². The van der Waals surface area contributed by atoms with E-state index >= 15 is 0 Å². The first-order chi connectivity index (χ1) is 12.2. The van der Waals surface area contributed by atoms with Crippen LogP contribution in [-0.4, -0.2) is 58.4 Å². The van der Waals surface area contributed by atoms with Gasteiger partial charge in [-0.2, -0.15) is 0 Å². The van der Waals surface area contributed by atoms with E-state index in [2.05, 4.69) is 27.3 Å². The molecular formula is C19H30IN3O3. The molecule has 1 fully saturated rings. The number of nitrogens with one attached hydrogen (secondary N) is 1. The van der Waals surface area contributed by atoms with Gasteiger partial charge < -0.3 is 24.4 Å². The molecule has 0 spiro atoms. The Kier molecular flexibility index (Phi) is 8.27. The minimum absolute atomic E-state index is 0. The van der Waals surface area contributed by atoms with Gasteiger partial charge in [-0.15, -0.1) is 24.0 Å². The fourth-order valence-corrected chi connectivity index (χ4v) is 3.17. The van der Waals surface area contributed by atoms with Crippen molar-refractivity contribution in [2.75, 3.05) is 47.6 Å². The fourth-order valence-electron chi connectivity index (χ4n) is 3.17. The predicted octanol–water partition coefficient (Wildman–Crippen LogP) is 2.68. The summed E-state index contributed by atoms with van der Waals surface area (Å²) in [5.74, 6) is 3.31. The number of hydrogen-bond donors (Lipinski definition) is 1.